The Bertz CT molecular complexity index is 1050. The Kier molecular flexibility index (Phi) is 7.20. The van der Waals surface area contributed by atoms with Crippen molar-refractivity contribution < 1.29 is 15.1 Å². The molecule has 3 rings (SSSR count). The van der Waals surface area contributed by atoms with Gasteiger partial charge in [-0.15, -0.1) is 0 Å². The van der Waals surface area contributed by atoms with Crippen LogP contribution in [-0.2, 0) is 13.0 Å². The zero-order chi connectivity index (χ0) is 21.7. The Morgan fingerprint density at radius 2 is 1.87 bits per heavy atom. The monoisotopic (exact) mass is 444 g/mol. The summed E-state index contributed by atoms with van der Waals surface area (Å²) in [4.78, 5) is 11.5. The van der Waals surface area contributed by atoms with E-state index in [1.165, 1.54) is 24.1 Å². The van der Waals surface area contributed by atoms with Crippen molar-refractivity contribution in [2.24, 2.45) is 0 Å². The fraction of sp³-hybridized carbons (Fsp3) is 0.182. The lowest BCUT2D eigenvalue weighted by Crippen LogP contribution is -2.15. The molecule has 0 aliphatic heterocycles. The molecule has 3 aromatic carbocycles. The van der Waals surface area contributed by atoms with Crippen molar-refractivity contribution in [1.29, 1.82) is 0 Å². The van der Waals surface area contributed by atoms with Gasteiger partial charge in [0.15, 0.2) is 0 Å². The molecule has 0 aliphatic carbocycles. The third kappa shape index (κ3) is 5.24. The van der Waals surface area contributed by atoms with Crippen LogP contribution in [0.2, 0.25) is 5.02 Å². The van der Waals surface area contributed by atoms with E-state index in [4.69, 9.17) is 11.6 Å². The van der Waals surface area contributed by atoms with Crippen molar-refractivity contribution in [3.63, 3.8) is 0 Å². The first-order chi connectivity index (χ1) is 14.4. The van der Waals surface area contributed by atoms with E-state index in [-0.39, 0.29) is 24.5 Å². The quantitative estimate of drug-likeness (QED) is 0.270. The van der Waals surface area contributed by atoms with Gasteiger partial charge in [-0.25, -0.2) is 0 Å². The van der Waals surface area contributed by atoms with E-state index in [0.717, 1.165) is 11.1 Å². The molecule has 6 nitrogen and oxygen atoms in total. The van der Waals surface area contributed by atoms with Gasteiger partial charge in [-0.1, -0.05) is 48.0 Å². The lowest BCUT2D eigenvalue weighted by Gasteiger charge is -2.26. The number of hydrogen-bond acceptors (Lipinski definition) is 6. The number of nitro benzene ring substituents is 1. The number of nitro groups is 1. The normalized spacial score (nSPS) is 10.8. The molecule has 0 fully saturated rings. The van der Waals surface area contributed by atoms with Gasteiger partial charge in [-0.2, -0.15) is 0 Å². The Morgan fingerprint density at radius 3 is 2.53 bits per heavy atom. The molecule has 0 saturated carbocycles. The van der Waals surface area contributed by atoms with Gasteiger partial charge in [0.1, 0.15) is 5.75 Å². The fourth-order valence-corrected chi connectivity index (χ4v) is 4.29. The highest BCUT2D eigenvalue weighted by molar-refractivity contribution is 8.00. The molecule has 0 amide bonds. The number of halogens is 1. The number of aliphatic hydroxyl groups excluding tert-OH is 1. The lowest BCUT2D eigenvalue weighted by molar-refractivity contribution is -0.385. The van der Waals surface area contributed by atoms with Gasteiger partial charge >= 0.3 is 0 Å². The fourth-order valence-electron chi connectivity index (χ4n) is 2.98. The number of aryl methyl sites for hydroxylation is 1. The van der Waals surface area contributed by atoms with E-state index in [1.54, 1.807) is 18.2 Å². The highest BCUT2D eigenvalue weighted by Gasteiger charge is 2.20. The molecule has 30 heavy (non-hydrogen) atoms. The number of nitrogens with zero attached hydrogens (tertiary/aromatic N) is 2. The first-order valence-electron chi connectivity index (χ1n) is 9.25. The molecular weight excluding hydrogens is 424 g/mol. The highest BCUT2D eigenvalue weighted by Crippen LogP contribution is 2.41. The van der Waals surface area contributed by atoms with Gasteiger partial charge in [-0.05, 0) is 54.1 Å². The van der Waals surface area contributed by atoms with Crippen molar-refractivity contribution in [3.05, 3.63) is 92.5 Å². The molecule has 8 heteroatoms. The molecule has 0 aromatic heterocycles. The van der Waals surface area contributed by atoms with E-state index in [2.05, 4.69) is 0 Å². The topological polar surface area (TPSA) is 86.8 Å². The Morgan fingerprint density at radius 1 is 1.13 bits per heavy atom. The third-order valence-corrected chi connectivity index (χ3v) is 5.94. The summed E-state index contributed by atoms with van der Waals surface area (Å²) in [5.74, 6) is 0.0277. The molecule has 0 atom stereocenters. The molecule has 0 saturated heterocycles. The number of anilines is 1. The number of rotatable bonds is 8. The molecule has 3 aromatic rings. The standard InChI is InChI=1S/C22H21ClN2O4S/c1-15-7-8-19(25(28)29)13-21(15)30-24(14-16-5-3-2-4-6-16)20-12-18(23)11-17(9-10-26)22(20)27/h2-8,11-13,26-27H,9-10,14H2,1H3. The second-order valence-electron chi connectivity index (χ2n) is 6.73. The number of phenols is 1. The van der Waals surface area contributed by atoms with Crippen molar-refractivity contribution in [1.82, 2.24) is 0 Å². The number of phenolic OH excluding ortho intramolecular Hbond substituents is 1. The molecule has 2 N–H and O–H groups in total. The van der Waals surface area contributed by atoms with Crippen LogP contribution in [0.4, 0.5) is 11.4 Å². The number of non-ortho nitro benzene ring substituents is 1. The van der Waals surface area contributed by atoms with Crippen LogP contribution < -0.4 is 4.31 Å². The maximum absolute atomic E-state index is 11.2. The summed E-state index contributed by atoms with van der Waals surface area (Å²) in [6.07, 6.45) is 0.263. The largest absolute Gasteiger partial charge is 0.505 e. The molecule has 156 valence electrons. The maximum atomic E-state index is 11.2. The van der Waals surface area contributed by atoms with Crippen LogP contribution in [0.3, 0.4) is 0 Å². The summed E-state index contributed by atoms with van der Waals surface area (Å²) < 4.78 is 1.85. The SMILES string of the molecule is Cc1ccc([N+](=O)[O-])cc1SN(Cc1ccccc1)c1cc(Cl)cc(CCO)c1O. The minimum absolute atomic E-state index is 0.000883. The number of aromatic hydroxyl groups is 1. The minimum atomic E-state index is -0.429. The second-order valence-corrected chi connectivity index (χ2v) is 8.23. The van der Waals surface area contributed by atoms with Gasteiger partial charge in [-0.3, -0.25) is 10.1 Å². The van der Waals surface area contributed by atoms with Crippen LogP contribution in [0.25, 0.3) is 0 Å². The smallest absolute Gasteiger partial charge is 0.270 e. The van der Waals surface area contributed by atoms with E-state index >= 15 is 0 Å². The van der Waals surface area contributed by atoms with E-state index < -0.39 is 4.92 Å². The van der Waals surface area contributed by atoms with Crippen LogP contribution in [0.1, 0.15) is 16.7 Å². The van der Waals surface area contributed by atoms with E-state index in [9.17, 15) is 20.3 Å². The lowest BCUT2D eigenvalue weighted by atomic mass is 10.1. The van der Waals surface area contributed by atoms with Crippen molar-refractivity contribution in [2.45, 2.75) is 24.8 Å². The molecule has 0 spiro atoms. The van der Waals surface area contributed by atoms with E-state index in [0.29, 0.717) is 27.7 Å². The van der Waals surface area contributed by atoms with Gasteiger partial charge in [0, 0.05) is 28.7 Å². The summed E-state index contributed by atoms with van der Waals surface area (Å²) in [5, 5.41) is 31.8. The highest BCUT2D eigenvalue weighted by atomic mass is 35.5. The summed E-state index contributed by atoms with van der Waals surface area (Å²) in [6.45, 7) is 2.19. The number of benzene rings is 3. The summed E-state index contributed by atoms with van der Waals surface area (Å²) >= 11 is 7.58. The summed E-state index contributed by atoms with van der Waals surface area (Å²) in [6, 6.07) is 17.7. The first kappa shape index (κ1) is 22.0. The zero-order valence-corrected chi connectivity index (χ0v) is 17.9. The van der Waals surface area contributed by atoms with Crippen LogP contribution in [0, 0.1) is 17.0 Å². The number of hydrogen-bond donors (Lipinski definition) is 2. The average Bonchev–Trinajstić information content (AvgIpc) is 2.72. The predicted molar refractivity (Wildman–Crippen MR) is 120 cm³/mol. The van der Waals surface area contributed by atoms with Crippen LogP contribution in [0.5, 0.6) is 5.75 Å². The van der Waals surface area contributed by atoms with Gasteiger partial charge in [0.25, 0.3) is 5.69 Å². The predicted octanol–water partition coefficient (Wildman–Crippen LogP) is 5.51. The Labute approximate surface area is 184 Å². The molecule has 0 aliphatic rings. The van der Waals surface area contributed by atoms with Gasteiger partial charge in [0.2, 0.25) is 0 Å². The minimum Gasteiger partial charge on any atom is -0.505 e. The molecule has 0 unspecified atom stereocenters. The second kappa shape index (κ2) is 9.84. The van der Waals surface area contributed by atoms with Crippen LogP contribution in [0.15, 0.2) is 65.6 Å². The average molecular weight is 445 g/mol. The number of aliphatic hydroxyl groups is 1. The van der Waals surface area contributed by atoms with Crippen LogP contribution in [-0.4, -0.2) is 21.7 Å². The van der Waals surface area contributed by atoms with Gasteiger partial charge < -0.3 is 14.5 Å². The van der Waals surface area contributed by atoms with Crippen molar-refractivity contribution >= 4 is 34.9 Å². The summed E-state index contributed by atoms with van der Waals surface area (Å²) in [7, 11) is 0. The Hall–Kier alpha value is -2.74. The third-order valence-electron chi connectivity index (χ3n) is 4.54. The van der Waals surface area contributed by atoms with Gasteiger partial charge in [0.05, 0.1) is 17.2 Å². The maximum Gasteiger partial charge on any atom is 0.270 e. The first-order valence-corrected chi connectivity index (χ1v) is 10.4. The molecular formula is C22H21ClN2O4S. The van der Waals surface area contributed by atoms with Crippen LogP contribution >= 0.6 is 23.5 Å². The Balaban J connectivity index is 2.06. The molecule has 0 radical (unpaired) electrons. The van der Waals surface area contributed by atoms with E-state index in [1.807, 2.05) is 41.6 Å². The zero-order valence-electron chi connectivity index (χ0n) is 16.3. The van der Waals surface area contributed by atoms with Crippen molar-refractivity contribution in [3.8, 4) is 5.75 Å². The van der Waals surface area contributed by atoms with Crippen molar-refractivity contribution in [2.75, 3.05) is 10.9 Å². The molecule has 0 heterocycles. The molecule has 0 bridgehead atoms. The summed E-state index contributed by atoms with van der Waals surface area (Å²) in [5.41, 5.74) is 2.89.